The molecule has 12 nitrogen and oxygen atoms in total. The van der Waals surface area contributed by atoms with Gasteiger partial charge >= 0.3 is 0 Å². The normalized spacial score (nSPS) is 21.6. The van der Waals surface area contributed by atoms with Crippen molar-refractivity contribution in [3.8, 4) is 0 Å². The molecule has 0 saturated heterocycles. The number of nitrogens with one attached hydrogen (secondary N) is 6. The topological polar surface area (TPSA) is 175 Å². The molecule has 8 unspecified atom stereocenters. The van der Waals surface area contributed by atoms with Crippen molar-refractivity contribution in [2.24, 2.45) is 106 Å². The summed E-state index contributed by atoms with van der Waals surface area (Å²) in [5.74, 6) is 11.8. The molecule has 9 saturated carbocycles. The van der Waals surface area contributed by atoms with Crippen molar-refractivity contribution < 1.29 is 28.8 Å². The van der Waals surface area contributed by atoms with Crippen LogP contribution in [0.5, 0.6) is 0 Å². The van der Waals surface area contributed by atoms with Crippen LogP contribution in [-0.2, 0) is 28.8 Å². The Bertz CT molecular complexity index is 2490. The number of allylic oxidation sites excluding steroid dienone is 1. The zero-order valence-electron chi connectivity index (χ0n) is 76.6. The summed E-state index contributed by atoms with van der Waals surface area (Å²) in [6, 6.07) is 1.57. The van der Waals surface area contributed by atoms with Crippen LogP contribution in [-0.4, -0.2) is 71.7 Å². The van der Waals surface area contributed by atoms with E-state index in [0.717, 1.165) is 135 Å². The van der Waals surface area contributed by atoms with Gasteiger partial charge in [0.05, 0.1) is 0 Å². The molecule has 0 aromatic rings. The van der Waals surface area contributed by atoms with E-state index in [1.807, 2.05) is 48.5 Å². The Morgan fingerprint density at radius 2 is 0.550 bits per heavy atom. The molecular weight excluding hydrogens is 1370 g/mol. The Balaban J connectivity index is 0.000000281. The van der Waals surface area contributed by atoms with E-state index in [2.05, 4.69) is 128 Å². The molecule has 8 atom stereocenters. The highest BCUT2D eigenvalue weighted by Crippen LogP contribution is 2.45. The van der Waals surface area contributed by atoms with E-state index in [9.17, 15) is 28.8 Å². The Labute approximate surface area is 686 Å². The van der Waals surface area contributed by atoms with Crippen molar-refractivity contribution in [3.63, 3.8) is 0 Å². The monoisotopic (exact) mass is 1550 g/mol. The van der Waals surface area contributed by atoms with Crippen molar-refractivity contribution in [1.82, 2.24) is 31.9 Å². The molecule has 6 N–H and O–H groups in total. The minimum Gasteiger partial charge on any atom is -0.354 e. The van der Waals surface area contributed by atoms with Gasteiger partial charge < -0.3 is 31.9 Å². The molecule has 9 rings (SSSR count). The zero-order chi connectivity index (χ0) is 82.2. The summed E-state index contributed by atoms with van der Waals surface area (Å²) in [7, 11) is 0. The third-order valence-electron chi connectivity index (χ3n) is 26.6. The Morgan fingerprint density at radius 3 is 0.793 bits per heavy atom. The van der Waals surface area contributed by atoms with E-state index in [1.54, 1.807) is 0 Å². The smallest absolute Gasteiger partial charge is 0.223 e. The van der Waals surface area contributed by atoms with Gasteiger partial charge in [0, 0.05) is 71.8 Å². The standard InChI is InChI=1S/2C17H31NO.C17H33NO.C16H29NO.C16H31NO.C16H29NO/c1-12(2)18-17(19)15(11-16-10-13(16)3)9-8-14-6-4-5-7-14;1-13(2)18-17(19)16(12-15-8-5-9-15)11-10-14-6-3-4-7-14;1-13(2)18-16(19)15(12-17(3,4)5)11-10-14-8-6-7-9-14;1-12(2)17-16(18)15(11-14-7-8-14)10-9-13-5-3-4-6-13;1-12(2)17-15(18)14(16(3,4)5)11-10-13-8-6-7-9-13;1-12(2)11-15(16(18)17-13(3)4)10-9-14-7-5-6-8-14/h12-16H,4-11H2,1-3H3,(H,18,19);13-16H,3-12H2,1-2H3,(H,18,19);13-15H,6-12H2,1-5H3,(H,18,19);12-15H,3-11H2,1-2H3,(H,17,18);12-14H,6-11H2,1-5H3,(H,17,18);13-15H,1,5-11H2,2-4H3,(H,17,18). The molecule has 0 bridgehead atoms. The lowest BCUT2D eigenvalue weighted by atomic mass is 9.76. The molecule has 0 radical (unpaired) electrons. The first-order valence-electron chi connectivity index (χ1n) is 47.9. The van der Waals surface area contributed by atoms with Gasteiger partial charge in [-0.3, -0.25) is 28.8 Å². The minimum absolute atomic E-state index is 0.0670. The summed E-state index contributed by atoms with van der Waals surface area (Å²) in [6.45, 7) is 46.1. The number of hydrogen-bond donors (Lipinski definition) is 6. The third kappa shape index (κ3) is 46.3. The number of hydrogen-bond acceptors (Lipinski definition) is 6. The van der Waals surface area contributed by atoms with E-state index < -0.39 is 0 Å². The molecule has 0 aromatic carbocycles. The summed E-state index contributed by atoms with van der Waals surface area (Å²) >= 11 is 0. The fourth-order valence-corrected chi connectivity index (χ4v) is 19.6. The highest BCUT2D eigenvalue weighted by molar-refractivity contribution is 5.81. The number of carbonyl (C=O) groups excluding carboxylic acids is 6. The highest BCUT2D eigenvalue weighted by Gasteiger charge is 2.38. The highest BCUT2D eigenvalue weighted by atomic mass is 16.2. The second kappa shape index (κ2) is 53.8. The lowest BCUT2D eigenvalue weighted by molar-refractivity contribution is -0.129. The van der Waals surface area contributed by atoms with Crippen LogP contribution in [0.15, 0.2) is 12.2 Å². The van der Waals surface area contributed by atoms with Gasteiger partial charge in [0.2, 0.25) is 35.4 Å². The van der Waals surface area contributed by atoms with E-state index in [4.69, 9.17) is 0 Å². The molecule has 0 aromatic heterocycles. The number of amides is 6. The summed E-state index contributed by atoms with van der Waals surface area (Å²) in [6.07, 6.45) is 60.9. The second-order valence-corrected chi connectivity index (χ2v) is 42.6. The zero-order valence-corrected chi connectivity index (χ0v) is 76.6. The van der Waals surface area contributed by atoms with E-state index in [0.29, 0.717) is 23.6 Å². The average Bonchev–Trinajstić information content (AvgIpc) is 1.20. The number of rotatable bonds is 39. The SMILES string of the molecule is C=C(C)CC(CCC1CCCC1)C(=O)NC(C)C.CC(C)NC(=O)C(CCC1CCCC1)C(C)(C)C.CC(C)NC(=O)C(CCC1CCCC1)CC(C)(C)C.CC(C)NC(=O)C(CCC1CCCC1)CC1CC1.CC(C)NC(=O)C(CCC1CCCC1)CC1CC1C.CC(C)NC(=O)C(CCC1CCCC1)CC1CCC1. The number of carbonyl (C=O) groups is 6. The van der Waals surface area contributed by atoms with Crippen LogP contribution in [0.25, 0.3) is 0 Å². The summed E-state index contributed by atoms with van der Waals surface area (Å²) in [4.78, 5) is 73.6. The molecule has 9 fully saturated rings. The maximum Gasteiger partial charge on any atom is 0.223 e. The average molecular weight is 1550 g/mol. The first-order chi connectivity index (χ1) is 52.4. The fourth-order valence-electron chi connectivity index (χ4n) is 19.6. The second-order valence-electron chi connectivity index (χ2n) is 42.6. The lowest BCUT2D eigenvalue weighted by Crippen LogP contribution is -2.41. The Morgan fingerprint density at radius 1 is 0.315 bits per heavy atom. The molecule has 0 aliphatic heterocycles. The Hall–Kier alpha value is -3.44. The predicted octanol–water partition coefficient (Wildman–Crippen LogP) is 25.1. The minimum atomic E-state index is 0.0670. The van der Waals surface area contributed by atoms with Crippen LogP contribution in [0.1, 0.15) is 440 Å². The van der Waals surface area contributed by atoms with Gasteiger partial charge in [0.15, 0.2) is 0 Å². The van der Waals surface area contributed by atoms with Crippen molar-refractivity contribution in [2.45, 2.75) is 477 Å². The molecule has 12 heteroatoms. The maximum atomic E-state index is 12.3. The van der Waals surface area contributed by atoms with Crippen molar-refractivity contribution in [2.75, 3.05) is 0 Å². The molecule has 0 spiro atoms. The van der Waals surface area contributed by atoms with Gasteiger partial charge in [-0.15, -0.1) is 6.58 Å². The van der Waals surface area contributed by atoms with Crippen molar-refractivity contribution in [1.29, 1.82) is 0 Å². The van der Waals surface area contributed by atoms with Crippen LogP contribution in [0.4, 0.5) is 0 Å². The Kier molecular flexibility index (Phi) is 48.4. The predicted molar refractivity (Wildman–Crippen MR) is 472 cm³/mol. The fraction of sp³-hybridized carbons (Fsp3) is 0.919. The van der Waals surface area contributed by atoms with Gasteiger partial charge in [0.1, 0.15) is 0 Å². The van der Waals surface area contributed by atoms with Gasteiger partial charge in [-0.2, -0.15) is 0 Å². The van der Waals surface area contributed by atoms with Crippen LogP contribution >= 0.6 is 0 Å². The van der Waals surface area contributed by atoms with Gasteiger partial charge in [-0.1, -0.05) is 240 Å². The summed E-state index contributed by atoms with van der Waals surface area (Å²) in [5.41, 5.74) is 1.41. The van der Waals surface area contributed by atoms with Crippen molar-refractivity contribution in [3.05, 3.63) is 12.2 Å². The van der Waals surface area contributed by atoms with Crippen molar-refractivity contribution >= 4 is 35.4 Å². The van der Waals surface area contributed by atoms with Crippen LogP contribution < -0.4 is 31.9 Å². The van der Waals surface area contributed by atoms with E-state index in [-0.39, 0.29) is 94.4 Å². The molecule has 0 heterocycles. The largest absolute Gasteiger partial charge is 0.354 e. The molecule has 646 valence electrons. The van der Waals surface area contributed by atoms with Gasteiger partial charge in [-0.05, 0) is 276 Å². The third-order valence-corrected chi connectivity index (χ3v) is 26.6. The summed E-state index contributed by atoms with van der Waals surface area (Å²) < 4.78 is 0. The quantitative estimate of drug-likeness (QED) is 0.0334. The molecule has 6 amide bonds. The summed E-state index contributed by atoms with van der Waals surface area (Å²) in [5, 5.41) is 18.6. The maximum absolute atomic E-state index is 12.3. The van der Waals surface area contributed by atoms with Crippen LogP contribution in [0.2, 0.25) is 0 Å². The van der Waals surface area contributed by atoms with E-state index in [1.165, 1.54) is 231 Å². The molecule has 9 aliphatic rings. The lowest BCUT2D eigenvalue weighted by Gasteiger charge is -2.31. The molecular formula is C99H184N6O6. The molecule has 111 heavy (non-hydrogen) atoms. The first-order valence-corrected chi connectivity index (χ1v) is 47.9. The van der Waals surface area contributed by atoms with Crippen LogP contribution in [0, 0.1) is 106 Å². The first kappa shape index (κ1) is 99.9. The van der Waals surface area contributed by atoms with E-state index >= 15 is 0 Å². The van der Waals surface area contributed by atoms with Gasteiger partial charge in [0.25, 0.3) is 0 Å². The van der Waals surface area contributed by atoms with Crippen LogP contribution in [0.3, 0.4) is 0 Å². The molecule has 9 aliphatic carbocycles. The van der Waals surface area contributed by atoms with Gasteiger partial charge in [-0.25, -0.2) is 0 Å².